The third kappa shape index (κ3) is 4.09. The SMILES string of the molecule is CC(CN)NCCc1ccc(Cl)cc1. The molecule has 1 atom stereocenters. The van der Waals surface area contributed by atoms with Crippen LogP contribution in [0.1, 0.15) is 12.5 Å². The molecule has 3 N–H and O–H groups in total. The molecule has 1 rings (SSSR count). The predicted octanol–water partition coefficient (Wildman–Crippen LogP) is 1.82. The quantitative estimate of drug-likeness (QED) is 0.782. The van der Waals surface area contributed by atoms with E-state index in [9.17, 15) is 0 Å². The molecule has 14 heavy (non-hydrogen) atoms. The molecule has 0 fully saturated rings. The summed E-state index contributed by atoms with van der Waals surface area (Å²) in [6.45, 7) is 3.72. The number of nitrogens with one attached hydrogen (secondary N) is 1. The average molecular weight is 213 g/mol. The van der Waals surface area contributed by atoms with Crippen molar-refractivity contribution in [2.45, 2.75) is 19.4 Å². The maximum absolute atomic E-state index is 5.79. The molecule has 1 aromatic carbocycles. The Hall–Kier alpha value is -0.570. The molecular formula is C11H17ClN2. The highest BCUT2D eigenvalue weighted by Gasteiger charge is 1.97. The van der Waals surface area contributed by atoms with Crippen LogP contribution in [-0.4, -0.2) is 19.1 Å². The van der Waals surface area contributed by atoms with Crippen molar-refractivity contribution in [3.8, 4) is 0 Å². The maximum atomic E-state index is 5.79. The summed E-state index contributed by atoms with van der Waals surface area (Å²) < 4.78 is 0. The van der Waals surface area contributed by atoms with Crippen molar-refractivity contribution in [1.82, 2.24) is 5.32 Å². The van der Waals surface area contributed by atoms with E-state index in [0.717, 1.165) is 18.0 Å². The summed E-state index contributed by atoms with van der Waals surface area (Å²) in [4.78, 5) is 0. The Morgan fingerprint density at radius 3 is 2.57 bits per heavy atom. The first kappa shape index (κ1) is 11.5. The minimum atomic E-state index is 0.391. The number of nitrogens with two attached hydrogens (primary N) is 1. The molecular weight excluding hydrogens is 196 g/mol. The number of hydrogen-bond donors (Lipinski definition) is 2. The lowest BCUT2D eigenvalue weighted by Gasteiger charge is -2.10. The van der Waals surface area contributed by atoms with Gasteiger partial charge in [-0.2, -0.15) is 0 Å². The van der Waals surface area contributed by atoms with Gasteiger partial charge in [0.2, 0.25) is 0 Å². The summed E-state index contributed by atoms with van der Waals surface area (Å²) in [7, 11) is 0. The highest BCUT2D eigenvalue weighted by molar-refractivity contribution is 6.30. The van der Waals surface area contributed by atoms with Gasteiger partial charge in [-0.05, 0) is 37.6 Å². The van der Waals surface area contributed by atoms with Crippen LogP contribution in [0.4, 0.5) is 0 Å². The summed E-state index contributed by atoms with van der Waals surface area (Å²) in [6.07, 6.45) is 1.02. The fraction of sp³-hybridized carbons (Fsp3) is 0.455. The standard InChI is InChI=1S/C11H17ClN2/c1-9(8-13)14-7-6-10-2-4-11(12)5-3-10/h2-5,9,14H,6-8,13H2,1H3. The van der Waals surface area contributed by atoms with Crippen LogP contribution in [-0.2, 0) is 6.42 Å². The van der Waals surface area contributed by atoms with Gasteiger partial charge in [0.25, 0.3) is 0 Å². The van der Waals surface area contributed by atoms with Crippen molar-refractivity contribution in [1.29, 1.82) is 0 Å². The fourth-order valence-corrected chi connectivity index (χ4v) is 1.32. The number of rotatable bonds is 5. The lowest BCUT2D eigenvalue weighted by atomic mass is 10.1. The molecule has 0 aliphatic carbocycles. The molecule has 0 radical (unpaired) electrons. The van der Waals surface area contributed by atoms with Crippen molar-refractivity contribution in [3.63, 3.8) is 0 Å². The molecule has 0 saturated carbocycles. The first-order valence-electron chi connectivity index (χ1n) is 4.90. The zero-order chi connectivity index (χ0) is 10.4. The zero-order valence-electron chi connectivity index (χ0n) is 8.46. The summed E-state index contributed by atoms with van der Waals surface area (Å²) in [6, 6.07) is 8.34. The van der Waals surface area contributed by atoms with Crippen LogP contribution in [0, 0.1) is 0 Å². The Balaban J connectivity index is 2.28. The number of halogens is 1. The summed E-state index contributed by atoms with van der Waals surface area (Å²) in [5.41, 5.74) is 6.79. The van der Waals surface area contributed by atoms with Crippen LogP contribution in [0.3, 0.4) is 0 Å². The van der Waals surface area contributed by atoms with Crippen LogP contribution in [0.5, 0.6) is 0 Å². The smallest absolute Gasteiger partial charge is 0.0406 e. The van der Waals surface area contributed by atoms with Gasteiger partial charge in [-0.1, -0.05) is 23.7 Å². The molecule has 3 heteroatoms. The molecule has 1 aromatic rings. The van der Waals surface area contributed by atoms with Crippen molar-refractivity contribution in [2.75, 3.05) is 13.1 Å². The molecule has 0 heterocycles. The van der Waals surface area contributed by atoms with E-state index in [2.05, 4.69) is 24.4 Å². The Morgan fingerprint density at radius 1 is 1.36 bits per heavy atom. The number of hydrogen-bond acceptors (Lipinski definition) is 2. The van der Waals surface area contributed by atoms with Crippen molar-refractivity contribution in [3.05, 3.63) is 34.9 Å². The Labute approximate surface area is 90.4 Å². The van der Waals surface area contributed by atoms with Crippen LogP contribution >= 0.6 is 11.6 Å². The van der Waals surface area contributed by atoms with Gasteiger partial charge in [0.15, 0.2) is 0 Å². The van der Waals surface area contributed by atoms with E-state index in [1.54, 1.807) is 0 Å². The van der Waals surface area contributed by atoms with Crippen LogP contribution in [0.25, 0.3) is 0 Å². The van der Waals surface area contributed by atoms with E-state index < -0.39 is 0 Å². The van der Waals surface area contributed by atoms with E-state index >= 15 is 0 Å². The normalized spacial score (nSPS) is 12.8. The first-order valence-corrected chi connectivity index (χ1v) is 5.28. The Morgan fingerprint density at radius 2 is 2.00 bits per heavy atom. The van der Waals surface area contributed by atoms with Crippen molar-refractivity contribution >= 4 is 11.6 Å². The van der Waals surface area contributed by atoms with Crippen molar-refractivity contribution < 1.29 is 0 Å². The second-order valence-electron chi connectivity index (χ2n) is 3.47. The van der Waals surface area contributed by atoms with Gasteiger partial charge in [0.05, 0.1) is 0 Å². The molecule has 0 amide bonds. The van der Waals surface area contributed by atoms with Gasteiger partial charge in [0, 0.05) is 17.6 Å². The molecule has 0 aromatic heterocycles. The fourth-order valence-electron chi connectivity index (χ4n) is 1.20. The Bertz CT molecular complexity index is 258. The zero-order valence-corrected chi connectivity index (χ0v) is 9.22. The third-order valence-corrected chi connectivity index (χ3v) is 2.43. The lowest BCUT2D eigenvalue weighted by molar-refractivity contribution is 0.559. The van der Waals surface area contributed by atoms with Gasteiger partial charge < -0.3 is 11.1 Å². The van der Waals surface area contributed by atoms with E-state index in [1.807, 2.05) is 12.1 Å². The van der Waals surface area contributed by atoms with E-state index in [1.165, 1.54) is 5.56 Å². The first-order chi connectivity index (χ1) is 6.72. The molecule has 1 unspecified atom stereocenters. The largest absolute Gasteiger partial charge is 0.329 e. The van der Waals surface area contributed by atoms with E-state index in [-0.39, 0.29) is 0 Å². The molecule has 78 valence electrons. The van der Waals surface area contributed by atoms with Gasteiger partial charge in [-0.3, -0.25) is 0 Å². The van der Waals surface area contributed by atoms with E-state index in [4.69, 9.17) is 17.3 Å². The summed E-state index contributed by atoms with van der Waals surface area (Å²) in [5.74, 6) is 0. The molecule has 2 nitrogen and oxygen atoms in total. The highest BCUT2D eigenvalue weighted by Crippen LogP contribution is 2.09. The van der Waals surface area contributed by atoms with Crippen LogP contribution in [0.15, 0.2) is 24.3 Å². The molecule has 0 saturated heterocycles. The third-order valence-electron chi connectivity index (χ3n) is 2.17. The van der Waals surface area contributed by atoms with Crippen molar-refractivity contribution in [2.24, 2.45) is 5.73 Å². The van der Waals surface area contributed by atoms with Gasteiger partial charge in [-0.15, -0.1) is 0 Å². The minimum absolute atomic E-state index is 0.391. The maximum Gasteiger partial charge on any atom is 0.0406 e. The van der Waals surface area contributed by atoms with Gasteiger partial charge >= 0.3 is 0 Å². The van der Waals surface area contributed by atoms with Crippen LogP contribution in [0.2, 0.25) is 5.02 Å². The van der Waals surface area contributed by atoms with Crippen LogP contribution < -0.4 is 11.1 Å². The summed E-state index contributed by atoms with van der Waals surface area (Å²) in [5, 5.41) is 4.13. The molecule has 0 spiro atoms. The second kappa shape index (κ2) is 6.02. The average Bonchev–Trinajstić information content (AvgIpc) is 2.21. The highest BCUT2D eigenvalue weighted by atomic mass is 35.5. The van der Waals surface area contributed by atoms with E-state index in [0.29, 0.717) is 12.6 Å². The Kier molecular flexibility index (Phi) is 4.94. The second-order valence-corrected chi connectivity index (χ2v) is 3.90. The monoisotopic (exact) mass is 212 g/mol. The van der Waals surface area contributed by atoms with Gasteiger partial charge in [-0.25, -0.2) is 0 Å². The molecule has 0 aliphatic rings. The predicted molar refractivity (Wildman–Crippen MR) is 61.7 cm³/mol. The summed E-state index contributed by atoms with van der Waals surface area (Å²) >= 11 is 5.79. The lowest BCUT2D eigenvalue weighted by Crippen LogP contribution is -2.34. The molecule has 0 bridgehead atoms. The number of benzene rings is 1. The topological polar surface area (TPSA) is 38.0 Å². The minimum Gasteiger partial charge on any atom is -0.329 e. The van der Waals surface area contributed by atoms with Gasteiger partial charge in [0.1, 0.15) is 0 Å². The molecule has 0 aliphatic heterocycles.